The largest absolute Gasteiger partial charge is 0.496 e. The molecule has 0 unspecified atom stereocenters. The van der Waals surface area contributed by atoms with Crippen LogP contribution in [-0.4, -0.2) is 27.3 Å². The van der Waals surface area contributed by atoms with Crippen molar-refractivity contribution in [3.8, 4) is 16.5 Å². The van der Waals surface area contributed by atoms with Crippen LogP contribution in [0.25, 0.3) is 10.7 Å². The van der Waals surface area contributed by atoms with Crippen molar-refractivity contribution in [2.45, 2.75) is 6.54 Å². The number of hydrogen-bond acceptors (Lipinski definition) is 5. The van der Waals surface area contributed by atoms with E-state index in [0.717, 1.165) is 20.7 Å². The molecule has 0 radical (unpaired) electrons. The van der Waals surface area contributed by atoms with E-state index in [4.69, 9.17) is 4.74 Å². The zero-order chi connectivity index (χ0) is 13.9. The van der Waals surface area contributed by atoms with E-state index in [0.29, 0.717) is 12.4 Å². The van der Waals surface area contributed by atoms with Crippen LogP contribution in [0.5, 0.6) is 5.75 Å². The van der Waals surface area contributed by atoms with Crippen molar-refractivity contribution in [2.24, 2.45) is 0 Å². The summed E-state index contributed by atoms with van der Waals surface area (Å²) in [6.07, 6.45) is 0. The molecule has 0 aliphatic rings. The van der Waals surface area contributed by atoms with Crippen molar-refractivity contribution in [1.29, 1.82) is 0 Å². The molecule has 0 bridgehead atoms. The second-order valence-electron chi connectivity index (χ2n) is 4.09. The molecule has 0 fully saturated rings. The Morgan fingerprint density at radius 1 is 1.35 bits per heavy atom. The second kappa shape index (κ2) is 5.72. The van der Waals surface area contributed by atoms with Gasteiger partial charge >= 0.3 is 0 Å². The fraction of sp³-hybridized carbons (Fsp3) is 0.154. The maximum atomic E-state index is 5.21. The predicted octanol–water partition coefficient (Wildman–Crippen LogP) is 3.22. The minimum Gasteiger partial charge on any atom is -0.496 e. The van der Waals surface area contributed by atoms with Gasteiger partial charge in [-0.3, -0.25) is 0 Å². The lowest BCUT2D eigenvalue weighted by Crippen LogP contribution is -2.04. The molecule has 0 saturated heterocycles. The van der Waals surface area contributed by atoms with E-state index >= 15 is 0 Å². The van der Waals surface area contributed by atoms with E-state index in [-0.39, 0.29) is 0 Å². The number of thiophene rings is 1. The van der Waals surface area contributed by atoms with E-state index in [1.165, 1.54) is 0 Å². The molecule has 2 aromatic heterocycles. The number of nitrogens with zero attached hydrogens (tertiary/aromatic N) is 4. The Morgan fingerprint density at radius 2 is 2.25 bits per heavy atom. The second-order valence-corrected chi connectivity index (χ2v) is 5.89. The summed E-state index contributed by atoms with van der Waals surface area (Å²) in [4.78, 5) is 2.61. The van der Waals surface area contributed by atoms with Gasteiger partial charge < -0.3 is 4.74 Å². The first-order chi connectivity index (χ1) is 9.76. The first-order valence-electron chi connectivity index (χ1n) is 5.90. The maximum absolute atomic E-state index is 5.21. The molecule has 0 aliphatic carbocycles. The number of hydrogen-bond donors (Lipinski definition) is 0. The Hall–Kier alpha value is -1.73. The van der Waals surface area contributed by atoms with Gasteiger partial charge in [-0.15, -0.1) is 21.5 Å². The zero-order valence-corrected chi connectivity index (χ0v) is 13.1. The number of halogens is 1. The van der Waals surface area contributed by atoms with Gasteiger partial charge in [0.15, 0.2) is 0 Å². The molecule has 20 heavy (non-hydrogen) atoms. The lowest BCUT2D eigenvalue weighted by molar-refractivity contribution is 0.412. The molecule has 0 amide bonds. The molecular weight excluding hydrogens is 340 g/mol. The van der Waals surface area contributed by atoms with Crippen LogP contribution in [0.4, 0.5) is 0 Å². The van der Waals surface area contributed by atoms with Crippen molar-refractivity contribution in [3.63, 3.8) is 0 Å². The highest BCUT2D eigenvalue weighted by Gasteiger charge is 2.08. The summed E-state index contributed by atoms with van der Waals surface area (Å²) in [5.41, 5.74) is 1.08. The smallest absolute Gasteiger partial charge is 0.214 e. The van der Waals surface area contributed by atoms with Crippen LogP contribution in [-0.2, 0) is 6.54 Å². The summed E-state index contributed by atoms with van der Waals surface area (Å²) in [7, 11) is 1.64. The molecule has 1 aromatic carbocycles. The molecule has 0 N–H and O–H groups in total. The van der Waals surface area contributed by atoms with Crippen LogP contribution >= 0.6 is 27.3 Å². The van der Waals surface area contributed by atoms with Crippen LogP contribution in [0.1, 0.15) is 5.56 Å². The van der Waals surface area contributed by atoms with Crippen molar-refractivity contribution < 1.29 is 4.74 Å². The first-order valence-corrected chi connectivity index (χ1v) is 7.57. The summed E-state index contributed by atoms with van der Waals surface area (Å²) in [5, 5.41) is 14.5. The number of tetrazole rings is 1. The average Bonchev–Trinajstić information content (AvgIpc) is 3.09. The van der Waals surface area contributed by atoms with E-state index in [1.54, 1.807) is 23.2 Å². The molecule has 0 aliphatic heterocycles. The maximum Gasteiger partial charge on any atom is 0.214 e. The normalized spacial score (nSPS) is 10.7. The molecule has 0 atom stereocenters. The third-order valence-corrected chi connectivity index (χ3v) is 4.22. The molecule has 0 spiro atoms. The van der Waals surface area contributed by atoms with Crippen molar-refractivity contribution in [3.05, 3.63) is 45.7 Å². The highest BCUT2D eigenvalue weighted by atomic mass is 79.9. The number of rotatable bonds is 4. The van der Waals surface area contributed by atoms with Crippen LogP contribution < -0.4 is 4.74 Å². The van der Waals surface area contributed by atoms with Crippen molar-refractivity contribution in [1.82, 2.24) is 20.2 Å². The lowest BCUT2D eigenvalue weighted by Gasteiger charge is -2.05. The van der Waals surface area contributed by atoms with Gasteiger partial charge in [0.2, 0.25) is 5.82 Å². The molecule has 3 aromatic rings. The Bertz CT molecular complexity index is 711. The Labute approximate surface area is 128 Å². The quantitative estimate of drug-likeness (QED) is 0.724. The number of benzene rings is 1. The summed E-state index contributed by atoms with van der Waals surface area (Å²) in [6.45, 7) is 0.570. The highest BCUT2D eigenvalue weighted by molar-refractivity contribution is 9.10. The van der Waals surface area contributed by atoms with E-state index in [2.05, 4.69) is 31.3 Å². The van der Waals surface area contributed by atoms with Crippen LogP contribution in [0, 0.1) is 0 Å². The summed E-state index contributed by atoms with van der Waals surface area (Å²) < 4.78 is 6.12. The summed E-state index contributed by atoms with van der Waals surface area (Å²) in [6, 6.07) is 9.85. The molecule has 0 saturated carbocycles. The number of aromatic nitrogens is 4. The molecule has 2 heterocycles. The average molecular weight is 351 g/mol. The van der Waals surface area contributed by atoms with Gasteiger partial charge in [-0.1, -0.05) is 12.1 Å². The van der Waals surface area contributed by atoms with E-state index in [9.17, 15) is 0 Å². The molecule has 3 rings (SSSR count). The SMILES string of the molecule is COc1ccc(Cn2nnc(-c3cccs3)n2)cc1Br. The van der Waals surface area contributed by atoms with Gasteiger partial charge in [0.05, 0.1) is 23.0 Å². The van der Waals surface area contributed by atoms with E-state index < -0.39 is 0 Å². The first kappa shape index (κ1) is 13.3. The van der Waals surface area contributed by atoms with Gasteiger partial charge in [-0.05, 0) is 50.3 Å². The standard InChI is InChI=1S/C13H11BrN4OS/c1-19-11-5-4-9(7-10(11)14)8-18-16-13(15-17-18)12-3-2-6-20-12/h2-7H,8H2,1H3. The molecule has 7 heteroatoms. The summed E-state index contributed by atoms with van der Waals surface area (Å²) in [5.74, 6) is 1.46. The van der Waals surface area contributed by atoms with Crippen LogP contribution in [0.15, 0.2) is 40.2 Å². The van der Waals surface area contributed by atoms with E-state index in [1.807, 2.05) is 35.7 Å². The zero-order valence-electron chi connectivity index (χ0n) is 10.7. The van der Waals surface area contributed by atoms with Gasteiger partial charge in [0, 0.05) is 0 Å². The molecular formula is C13H11BrN4OS. The predicted molar refractivity (Wildman–Crippen MR) is 80.9 cm³/mol. The van der Waals surface area contributed by atoms with Gasteiger partial charge in [-0.2, -0.15) is 4.80 Å². The van der Waals surface area contributed by atoms with Gasteiger partial charge in [0.25, 0.3) is 0 Å². The topological polar surface area (TPSA) is 52.8 Å². The Balaban J connectivity index is 1.80. The fourth-order valence-corrected chi connectivity index (χ4v) is 3.02. The third kappa shape index (κ3) is 2.73. The van der Waals surface area contributed by atoms with Gasteiger partial charge in [0.1, 0.15) is 5.75 Å². The molecule has 102 valence electrons. The molecule has 5 nitrogen and oxygen atoms in total. The monoisotopic (exact) mass is 350 g/mol. The van der Waals surface area contributed by atoms with Crippen molar-refractivity contribution >= 4 is 27.3 Å². The Morgan fingerprint density at radius 3 is 2.95 bits per heavy atom. The fourth-order valence-electron chi connectivity index (χ4n) is 1.79. The number of ether oxygens (including phenoxy) is 1. The Kier molecular flexibility index (Phi) is 3.79. The van der Waals surface area contributed by atoms with Crippen LogP contribution in [0.2, 0.25) is 0 Å². The van der Waals surface area contributed by atoms with Crippen molar-refractivity contribution in [2.75, 3.05) is 7.11 Å². The number of methoxy groups -OCH3 is 1. The lowest BCUT2D eigenvalue weighted by atomic mass is 10.2. The van der Waals surface area contributed by atoms with Crippen LogP contribution in [0.3, 0.4) is 0 Å². The summed E-state index contributed by atoms with van der Waals surface area (Å²) >= 11 is 5.07. The highest BCUT2D eigenvalue weighted by Crippen LogP contribution is 2.26. The van der Waals surface area contributed by atoms with Gasteiger partial charge in [-0.25, -0.2) is 0 Å². The third-order valence-electron chi connectivity index (χ3n) is 2.73. The minimum absolute atomic E-state index is 0.570. The minimum atomic E-state index is 0.570.